The molecule has 0 radical (unpaired) electrons. The summed E-state index contributed by atoms with van der Waals surface area (Å²) in [4.78, 5) is 4.61. The molecule has 1 aromatic carbocycles. The van der Waals surface area contributed by atoms with Gasteiger partial charge in [0.15, 0.2) is 0 Å². The number of hydrogen-bond acceptors (Lipinski definition) is 1. The number of alkyl halides is 1. The minimum atomic E-state index is 0.0646. The normalized spacial score (nSPS) is 12.2. The van der Waals surface area contributed by atoms with Crippen LogP contribution in [0.1, 0.15) is 39.4 Å². The van der Waals surface area contributed by atoms with E-state index in [4.69, 9.17) is 11.6 Å². The molecule has 0 amide bonds. The largest absolute Gasteiger partial charge is 0.321 e. The third-order valence-electron chi connectivity index (χ3n) is 3.22. The molecule has 0 saturated carbocycles. The van der Waals surface area contributed by atoms with Crippen LogP contribution < -0.4 is 0 Å². The molecule has 3 heteroatoms. The van der Waals surface area contributed by atoms with Crippen molar-refractivity contribution in [3.05, 3.63) is 30.1 Å². The van der Waals surface area contributed by atoms with E-state index in [0.29, 0.717) is 5.88 Å². The van der Waals surface area contributed by atoms with Gasteiger partial charge in [-0.3, -0.25) is 0 Å². The molecule has 17 heavy (non-hydrogen) atoms. The topological polar surface area (TPSA) is 17.8 Å². The Balaban J connectivity index is 2.65. The minimum absolute atomic E-state index is 0.0646. The molecule has 0 fully saturated rings. The van der Waals surface area contributed by atoms with Crippen LogP contribution in [0.25, 0.3) is 11.0 Å². The Morgan fingerprint density at radius 1 is 1.29 bits per heavy atom. The highest BCUT2D eigenvalue weighted by atomic mass is 35.5. The quantitative estimate of drug-likeness (QED) is 0.740. The number of nitrogens with zero attached hydrogens (tertiary/aromatic N) is 2. The second-order valence-corrected chi connectivity index (χ2v) is 5.32. The molecule has 0 aliphatic heterocycles. The predicted octanol–water partition coefficient (Wildman–Crippen LogP) is 4.31. The lowest BCUT2D eigenvalue weighted by Crippen LogP contribution is -2.27. The zero-order valence-corrected chi connectivity index (χ0v) is 11.5. The fourth-order valence-corrected chi connectivity index (χ4v) is 2.74. The first kappa shape index (κ1) is 12.4. The minimum Gasteiger partial charge on any atom is -0.321 e. The maximum absolute atomic E-state index is 6.03. The van der Waals surface area contributed by atoms with Gasteiger partial charge in [-0.2, -0.15) is 0 Å². The molecule has 0 N–H and O–H groups in total. The second-order valence-electron chi connectivity index (χ2n) is 5.05. The smallest absolute Gasteiger partial charge is 0.125 e. The average Bonchev–Trinajstić information content (AvgIpc) is 2.67. The molecule has 92 valence electrons. The molecule has 0 spiro atoms. The summed E-state index contributed by atoms with van der Waals surface area (Å²) in [5, 5.41) is 0. The number of aromatic nitrogens is 2. The highest BCUT2D eigenvalue weighted by Gasteiger charge is 2.24. The first-order valence-corrected chi connectivity index (χ1v) is 6.66. The maximum Gasteiger partial charge on any atom is 0.125 e. The highest BCUT2D eigenvalue weighted by molar-refractivity contribution is 6.16. The number of benzene rings is 1. The number of halogens is 1. The number of para-hydroxylation sites is 2. The Bertz CT molecular complexity index is 514. The number of fused-ring (bicyclic) bond motifs is 1. The summed E-state index contributed by atoms with van der Waals surface area (Å²) in [7, 11) is 0. The van der Waals surface area contributed by atoms with Gasteiger partial charge in [0.05, 0.1) is 16.9 Å². The van der Waals surface area contributed by atoms with E-state index in [0.717, 1.165) is 24.2 Å². The van der Waals surface area contributed by atoms with Crippen LogP contribution in [-0.4, -0.2) is 9.55 Å². The predicted molar refractivity (Wildman–Crippen MR) is 73.5 cm³/mol. The zero-order chi connectivity index (χ0) is 12.5. The van der Waals surface area contributed by atoms with Gasteiger partial charge in [0.2, 0.25) is 0 Å². The molecule has 0 atom stereocenters. The lowest BCUT2D eigenvalue weighted by atomic mass is 9.98. The Hall–Kier alpha value is -1.02. The molecule has 2 rings (SSSR count). The van der Waals surface area contributed by atoms with Crippen LogP contribution in [0.5, 0.6) is 0 Å². The van der Waals surface area contributed by atoms with Gasteiger partial charge in [-0.25, -0.2) is 4.98 Å². The van der Waals surface area contributed by atoms with E-state index in [9.17, 15) is 0 Å². The lowest BCUT2D eigenvalue weighted by molar-refractivity contribution is 0.326. The summed E-state index contributed by atoms with van der Waals surface area (Å²) in [5.74, 6) is 1.42. The molecule has 0 unspecified atom stereocenters. The molecular formula is C14H19ClN2. The summed E-state index contributed by atoms with van der Waals surface area (Å²) in [6.07, 6.45) is 2.28. The molecule has 1 heterocycles. The van der Waals surface area contributed by atoms with Crippen LogP contribution in [0.3, 0.4) is 0 Å². The zero-order valence-electron chi connectivity index (χ0n) is 10.7. The lowest BCUT2D eigenvalue weighted by Gasteiger charge is -2.28. The van der Waals surface area contributed by atoms with E-state index in [-0.39, 0.29) is 5.54 Å². The number of imidazole rings is 1. The molecule has 0 bridgehead atoms. The van der Waals surface area contributed by atoms with Crippen LogP contribution in [0.4, 0.5) is 0 Å². The van der Waals surface area contributed by atoms with E-state index in [1.165, 1.54) is 5.52 Å². The Morgan fingerprint density at radius 2 is 2.00 bits per heavy atom. The number of rotatable bonds is 4. The van der Waals surface area contributed by atoms with Crippen LogP contribution in [-0.2, 0) is 11.4 Å². The van der Waals surface area contributed by atoms with E-state index < -0.39 is 0 Å². The first-order chi connectivity index (χ1) is 8.10. The van der Waals surface area contributed by atoms with Crippen molar-refractivity contribution in [1.29, 1.82) is 0 Å². The van der Waals surface area contributed by atoms with Crippen LogP contribution in [0.15, 0.2) is 24.3 Å². The van der Waals surface area contributed by atoms with Gasteiger partial charge in [0.25, 0.3) is 0 Å². The molecule has 1 aromatic heterocycles. The summed E-state index contributed by atoms with van der Waals surface area (Å²) < 4.78 is 2.29. The Kier molecular flexibility index (Phi) is 3.43. The van der Waals surface area contributed by atoms with E-state index in [1.54, 1.807) is 0 Å². The third-order valence-corrected chi connectivity index (χ3v) is 3.46. The van der Waals surface area contributed by atoms with Crippen LogP contribution in [0, 0.1) is 0 Å². The fourth-order valence-electron chi connectivity index (χ4n) is 2.56. The highest BCUT2D eigenvalue weighted by Crippen LogP contribution is 2.29. The summed E-state index contributed by atoms with van der Waals surface area (Å²) in [6.45, 7) is 6.71. The van der Waals surface area contributed by atoms with Gasteiger partial charge in [-0.15, -0.1) is 11.6 Å². The summed E-state index contributed by atoms with van der Waals surface area (Å²) in [5.41, 5.74) is 2.28. The molecular weight excluding hydrogens is 232 g/mol. The van der Waals surface area contributed by atoms with Crippen molar-refractivity contribution in [2.45, 2.75) is 45.0 Å². The molecule has 0 aliphatic carbocycles. The summed E-state index contributed by atoms with van der Waals surface area (Å²) in [6, 6.07) is 8.24. The van der Waals surface area contributed by atoms with Crippen molar-refractivity contribution < 1.29 is 0 Å². The SMILES string of the molecule is CCCC(C)(C)n1c(CCl)nc2ccccc21. The van der Waals surface area contributed by atoms with Gasteiger partial charge < -0.3 is 4.57 Å². The van der Waals surface area contributed by atoms with Crippen LogP contribution >= 0.6 is 11.6 Å². The van der Waals surface area contributed by atoms with Crippen LogP contribution in [0.2, 0.25) is 0 Å². The maximum atomic E-state index is 6.03. The van der Waals surface area contributed by atoms with E-state index >= 15 is 0 Å². The molecule has 2 nitrogen and oxygen atoms in total. The van der Waals surface area contributed by atoms with Crippen molar-refractivity contribution in [1.82, 2.24) is 9.55 Å². The van der Waals surface area contributed by atoms with Crippen molar-refractivity contribution in [2.24, 2.45) is 0 Å². The summed E-state index contributed by atoms with van der Waals surface area (Å²) >= 11 is 6.03. The van der Waals surface area contributed by atoms with Gasteiger partial charge in [0.1, 0.15) is 5.82 Å². The van der Waals surface area contributed by atoms with E-state index in [2.05, 4.69) is 42.5 Å². The van der Waals surface area contributed by atoms with Gasteiger partial charge in [0, 0.05) is 5.54 Å². The monoisotopic (exact) mass is 250 g/mol. The Labute approximate surface area is 108 Å². The van der Waals surface area contributed by atoms with Crippen molar-refractivity contribution in [3.8, 4) is 0 Å². The van der Waals surface area contributed by atoms with Gasteiger partial charge >= 0.3 is 0 Å². The molecule has 0 aliphatic rings. The van der Waals surface area contributed by atoms with Gasteiger partial charge in [-0.05, 0) is 32.4 Å². The van der Waals surface area contributed by atoms with Gasteiger partial charge in [-0.1, -0.05) is 25.5 Å². The van der Waals surface area contributed by atoms with Crippen molar-refractivity contribution >= 4 is 22.6 Å². The second kappa shape index (κ2) is 4.69. The average molecular weight is 251 g/mol. The number of hydrogen-bond donors (Lipinski definition) is 0. The van der Waals surface area contributed by atoms with E-state index in [1.807, 2.05) is 12.1 Å². The van der Waals surface area contributed by atoms with Crippen molar-refractivity contribution in [3.63, 3.8) is 0 Å². The van der Waals surface area contributed by atoms with Crippen molar-refractivity contribution in [2.75, 3.05) is 0 Å². The third kappa shape index (κ3) is 2.19. The fraction of sp³-hybridized carbons (Fsp3) is 0.500. The molecule has 2 aromatic rings. The molecule has 0 saturated heterocycles. The first-order valence-electron chi connectivity index (χ1n) is 6.13. The standard InChI is InChI=1S/C14H19ClN2/c1-4-9-14(2,3)17-12-8-6-5-7-11(12)16-13(17)10-15/h5-8H,4,9-10H2,1-3H3. The Morgan fingerprint density at radius 3 is 2.65 bits per heavy atom.